The van der Waals surface area contributed by atoms with Gasteiger partial charge in [-0.05, 0) is 12.1 Å². The summed E-state index contributed by atoms with van der Waals surface area (Å²) in [6.07, 6.45) is -0.0583. The van der Waals surface area contributed by atoms with Gasteiger partial charge in [0.2, 0.25) is 0 Å². The number of fused-ring (bicyclic) bond motifs is 1. The van der Waals surface area contributed by atoms with Gasteiger partial charge in [0, 0.05) is 24.7 Å². The maximum Gasteiger partial charge on any atom is 0.182 e. The number of azo groups is 1. The molecule has 0 unspecified atom stereocenters. The number of hydrogen-bond donors (Lipinski definition) is 2. The van der Waals surface area contributed by atoms with Gasteiger partial charge in [0.05, 0.1) is 7.11 Å². The van der Waals surface area contributed by atoms with Crippen LogP contribution in [0.2, 0.25) is 0 Å². The zero-order valence-corrected chi connectivity index (χ0v) is 9.47. The maximum atomic E-state index is 5.14. The van der Waals surface area contributed by atoms with Crippen molar-refractivity contribution in [1.29, 1.82) is 0 Å². The van der Waals surface area contributed by atoms with Gasteiger partial charge in [-0.3, -0.25) is 10.6 Å². The van der Waals surface area contributed by atoms with E-state index in [4.69, 9.17) is 4.74 Å². The second kappa shape index (κ2) is 4.23. The van der Waals surface area contributed by atoms with Crippen LogP contribution in [-0.4, -0.2) is 32.3 Å². The van der Waals surface area contributed by atoms with Crippen LogP contribution in [0.1, 0.15) is 5.56 Å². The first-order chi connectivity index (χ1) is 8.36. The van der Waals surface area contributed by atoms with E-state index in [0.717, 1.165) is 30.1 Å². The van der Waals surface area contributed by atoms with Crippen LogP contribution in [0.25, 0.3) is 0 Å². The molecule has 0 atom stereocenters. The van der Waals surface area contributed by atoms with Crippen LogP contribution < -0.4 is 15.4 Å². The number of amidine groups is 1. The number of nitrogens with one attached hydrogen (secondary N) is 2. The molecular formula is C11H13N5O. The first-order valence-corrected chi connectivity index (χ1v) is 5.51. The largest absolute Gasteiger partial charge is 0.497 e. The van der Waals surface area contributed by atoms with E-state index in [-0.39, 0.29) is 6.29 Å². The van der Waals surface area contributed by atoms with Crippen LogP contribution in [-0.2, 0) is 0 Å². The number of benzene rings is 1. The van der Waals surface area contributed by atoms with Crippen LogP contribution in [0, 0.1) is 0 Å². The lowest BCUT2D eigenvalue weighted by Crippen LogP contribution is -2.29. The van der Waals surface area contributed by atoms with Crippen LogP contribution in [0.3, 0.4) is 0 Å². The number of hydrogen-bond acceptors (Lipinski definition) is 5. The Morgan fingerprint density at radius 3 is 2.88 bits per heavy atom. The molecule has 0 saturated carbocycles. The summed E-state index contributed by atoms with van der Waals surface area (Å²) in [5.41, 5.74) is 1.75. The first kappa shape index (κ1) is 10.4. The zero-order valence-electron chi connectivity index (χ0n) is 9.47. The fraction of sp³-hybridized carbons (Fsp3) is 0.364. The smallest absolute Gasteiger partial charge is 0.182 e. The Morgan fingerprint density at radius 1 is 1.29 bits per heavy atom. The lowest BCUT2D eigenvalue weighted by atomic mass is 10.1. The van der Waals surface area contributed by atoms with E-state index >= 15 is 0 Å². The summed E-state index contributed by atoms with van der Waals surface area (Å²) in [6, 6.07) is 5.68. The number of methoxy groups -OCH3 is 1. The average molecular weight is 231 g/mol. The normalized spacial score (nSPS) is 21.1. The number of aliphatic imine (C=N–C) groups is 1. The molecule has 0 spiro atoms. The Labute approximate surface area is 98.8 Å². The van der Waals surface area contributed by atoms with Crippen molar-refractivity contribution in [2.45, 2.75) is 6.29 Å². The van der Waals surface area contributed by atoms with Crippen molar-refractivity contribution >= 4 is 11.5 Å². The fourth-order valence-electron chi connectivity index (χ4n) is 1.86. The molecule has 2 aliphatic heterocycles. The van der Waals surface area contributed by atoms with Gasteiger partial charge in [-0.25, -0.2) is 4.99 Å². The van der Waals surface area contributed by atoms with E-state index in [1.165, 1.54) is 0 Å². The van der Waals surface area contributed by atoms with Gasteiger partial charge < -0.3 is 4.74 Å². The third-order valence-electron chi connectivity index (χ3n) is 2.75. The minimum absolute atomic E-state index is 0.0583. The molecule has 6 nitrogen and oxygen atoms in total. The zero-order chi connectivity index (χ0) is 11.7. The summed E-state index contributed by atoms with van der Waals surface area (Å²) in [5.74, 6) is 1.44. The van der Waals surface area contributed by atoms with Crippen molar-refractivity contribution in [3.63, 3.8) is 0 Å². The third kappa shape index (κ3) is 1.92. The molecule has 88 valence electrons. The van der Waals surface area contributed by atoms with Crippen LogP contribution in [0.4, 0.5) is 5.69 Å². The summed E-state index contributed by atoms with van der Waals surface area (Å²) in [5, 5.41) is 14.6. The Balaban J connectivity index is 1.90. The summed E-state index contributed by atoms with van der Waals surface area (Å²) in [7, 11) is 1.63. The Kier molecular flexibility index (Phi) is 2.58. The highest BCUT2D eigenvalue weighted by Crippen LogP contribution is 2.31. The van der Waals surface area contributed by atoms with Gasteiger partial charge in [-0.2, -0.15) is 0 Å². The minimum Gasteiger partial charge on any atom is -0.497 e. The Morgan fingerprint density at radius 2 is 2.12 bits per heavy atom. The first-order valence-electron chi connectivity index (χ1n) is 5.51. The molecule has 0 radical (unpaired) electrons. The maximum absolute atomic E-state index is 5.14. The van der Waals surface area contributed by atoms with Crippen molar-refractivity contribution in [1.82, 2.24) is 10.6 Å². The molecule has 2 N–H and O–H groups in total. The van der Waals surface area contributed by atoms with Crippen LogP contribution in [0.5, 0.6) is 5.75 Å². The SMILES string of the molecule is COc1ccc2c(c1)N=NC2=NC1NCCN1. The van der Waals surface area contributed by atoms with Gasteiger partial charge in [-0.1, -0.05) is 0 Å². The molecule has 1 aromatic rings. The summed E-state index contributed by atoms with van der Waals surface area (Å²) < 4.78 is 5.14. The number of nitrogens with zero attached hydrogens (tertiary/aromatic N) is 3. The van der Waals surface area contributed by atoms with Gasteiger partial charge in [0.25, 0.3) is 0 Å². The molecule has 0 aromatic heterocycles. The molecule has 17 heavy (non-hydrogen) atoms. The average Bonchev–Trinajstić information content (AvgIpc) is 2.99. The number of rotatable bonds is 2. The lowest BCUT2D eigenvalue weighted by Gasteiger charge is -2.05. The molecule has 0 bridgehead atoms. The van der Waals surface area contributed by atoms with E-state index < -0.39 is 0 Å². The standard InChI is InChI=1S/C11H13N5O/c1-17-7-2-3-8-9(6-7)15-16-10(8)14-11-12-4-5-13-11/h2-3,6,11-13H,4-5H2,1H3. The van der Waals surface area contributed by atoms with Crippen molar-refractivity contribution in [2.24, 2.45) is 15.2 Å². The van der Waals surface area contributed by atoms with Gasteiger partial charge in [0.15, 0.2) is 12.1 Å². The minimum atomic E-state index is -0.0583. The second-order valence-corrected chi connectivity index (χ2v) is 3.85. The van der Waals surface area contributed by atoms with Gasteiger partial charge in [0.1, 0.15) is 11.4 Å². The van der Waals surface area contributed by atoms with Crippen molar-refractivity contribution < 1.29 is 4.74 Å². The van der Waals surface area contributed by atoms with Crippen LogP contribution in [0.15, 0.2) is 33.4 Å². The Hall–Kier alpha value is -1.79. The van der Waals surface area contributed by atoms with E-state index in [1.54, 1.807) is 7.11 Å². The van der Waals surface area contributed by atoms with E-state index in [1.807, 2.05) is 18.2 Å². The lowest BCUT2D eigenvalue weighted by molar-refractivity contribution is 0.415. The van der Waals surface area contributed by atoms with Crippen molar-refractivity contribution in [2.75, 3.05) is 20.2 Å². The third-order valence-corrected chi connectivity index (χ3v) is 2.75. The fourth-order valence-corrected chi connectivity index (χ4v) is 1.86. The molecule has 3 rings (SSSR count). The van der Waals surface area contributed by atoms with Crippen molar-refractivity contribution in [3.8, 4) is 5.75 Å². The molecule has 0 aliphatic carbocycles. The van der Waals surface area contributed by atoms with Gasteiger partial charge >= 0.3 is 0 Å². The molecule has 1 fully saturated rings. The molecule has 2 aliphatic rings. The highest BCUT2D eigenvalue weighted by atomic mass is 16.5. The quantitative estimate of drug-likeness (QED) is 0.798. The predicted molar refractivity (Wildman–Crippen MR) is 63.8 cm³/mol. The van der Waals surface area contributed by atoms with Gasteiger partial charge in [-0.15, -0.1) is 10.2 Å². The van der Waals surface area contributed by atoms with E-state index in [2.05, 4.69) is 25.9 Å². The summed E-state index contributed by atoms with van der Waals surface area (Å²) in [6.45, 7) is 1.85. The molecular weight excluding hydrogens is 218 g/mol. The van der Waals surface area contributed by atoms with E-state index in [0.29, 0.717) is 5.84 Å². The van der Waals surface area contributed by atoms with Crippen molar-refractivity contribution in [3.05, 3.63) is 23.8 Å². The highest BCUT2D eigenvalue weighted by Gasteiger charge is 2.19. The molecule has 1 aromatic carbocycles. The Bertz CT molecular complexity index is 491. The monoisotopic (exact) mass is 231 g/mol. The molecule has 2 heterocycles. The molecule has 0 amide bonds. The number of ether oxygens (including phenoxy) is 1. The molecule has 6 heteroatoms. The molecule has 1 saturated heterocycles. The summed E-state index contributed by atoms with van der Waals surface area (Å²) in [4.78, 5) is 4.47. The van der Waals surface area contributed by atoms with Crippen LogP contribution >= 0.6 is 0 Å². The highest BCUT2D eigenvalue weighted by molar-refractivity contribution is 6.05. The second-order valence-electron chi connectivity index (χ2n) is 3.85. The topological polar surface area (TPSA) is 70.4 Å². The summed E-state index contributed by atoms with van der Waals surface area (Å²) >= 11 is 0. The predicted octanol–water partition coefficient (Wildman–Crippen LogP) is 1.02. The van der Waals surface area contributed by atoms with E-state index in [9.17, 15) is 0 Å².